The predicted molar refractivity (Wildman–Crippen MR) is 106 cm³/mol. The van der Waals surface area contributed by atoms with E-state index in [0.717, 1.165) is 27.9 Å². The summed E-state index contributed by atoms with van der Waals surface area (Å²) >= 11 is 0. The maximum Gasteiger partial charge on any atom is 0.178 e. The molecule has 0 spiro atoms. The number of para-hydroxylation sites is 1. The molecule has 2 heterocycles. The molecule has 5 aromatic rings. The van der Waals surface area contributed by atoms with Crippen LogP contribution in [0.4, 0.5) is 0 Å². The summed E-state index contributed by atoms with van der Waals surface area (Å²) in [5.74, 6) is 0.644. The van der Waals surface area contributed by atoms with Crippen LogP contribution in [0.1, 0.15) is 0 Å². The number of rotatable bonds is 2. The molecule has 26 heavy (non-hydrogen) atoms. The number of aromatic nitrogens is 3. The van der Waals surface area contributed by atoms with Crippen molar-refractivity contribution in [2.45, 2.75) is 0 Å². The zero-order chi connectivity index (χ0) is 17.3. The van der Waals surface area contributed by atoms with Gasteiger partial charge in [-0.05, 0) is 29.0 Å². The van der Waals surface area contributed by atoms with Gasteiger partial charge in [0.25, 0.3) is 0 Å². The van der Waals surface area contributed by atoms with Crippen LogP contribution in [-0.4, -0.2) is 15.0 Å². The average molecular weight is 333 g/mol. The first-order chi connectivity index (χ1) is 12.9. The van der Waals surface area contributed by atoms with Crippen LogP contribution in [0.5, 0.6) is 0 Å². The first-order valence-electron chi connectivity index (χ1n) is 8.56. The standard InChI is InChI=1S/C23H15N3/c1-3-10-18-16(7-1)9-5-11-19(18)21-13-6-14-22(25-21)23-24-15-17-8-2-4-12-20(17)26-23/h1-15H. The van der Waals surface area contributed by atoms with Crippen molar-refractivity contribution in [2.24, 2.45) is 0 Å². The Labute approximate surface area is 151 Å². The van der Waals surface area contributed by atoms with E-state index in [4.69, 9.17) is 4.98 Å². The second-order valence-electron chi connectivity index (χ2n) is 6.19. The number of pyridine rings is 1. The van der Waals surface area contributed by atoms with E-state index in [1.165, 1.54) is 10.8 Å². The summed E-state index contributed by atoms with van der Waals surface area (Å²) in [6, 6.07) is 28.6. The summed E-state index contributed by atoms with van der Waals surface area (Å²) in [4.78, 5) is 14.0. The van der Waals surface area contributed by atoms with Crippen molar-refractivity contribution in [3.05, 3.63) is 91.1 Å². The van der Waals surface area contributed by atoms with Gasteiger partial charge in [-0.15, -0.1) is 0 Å². The van der Waals surface area contributed by atoms with Gasteiger partial charge in [0.2, 0.25) is 0 Å². The van der Waals surface area contributed by atoms with Crippen LogP contribution in [-0.2, 0) is 0 Å². The van der Waals surface area contributed by atoms with E-state index in [0.29, 0.717) is 5.82 Å². The molecule has 0 atom stereocenters. The molecule has 0 saturated heterocycles. The summed E-state index contributed by atoms with van der Waals surface area (Å²) in [7, 11) is 0. The summed E-state index contributed by atoms with van der Waals surface area (Å²) in [5.41, 5.74) is 3.75. The van der Waals surface area contributed by atoms with Crippen LogP contribution in [0.3, 0.4) is 0 Å². The Kier molecular flexibility index (Phi) is 3.42. The normalized spacial score (nSPS) is 11.1. The van der Waals surface area contributed by atoms with Gasteiger partial charge in [-0.1, -0.05) is 66.7 Å². The second-order valence-corrected chi connectivity index (χ2v) is 6.19. The Hall–Kier alpha value is -3.59. The van der Waals surface area contributed by atoms with Gasteiger partial charge >= 0.3 is 0 Å². The fourth-order valence-corrected chi connectivity index (χ4v) is 3.25. The van der Waals surface area contributed by atoms with Crippen LogP contribution in [0, 0.1) is 0 Å². The molecule has 0 unspecified atom stereocenters. The van der Waals surface area contributed by atoms with Crippen LogP contribution < -0.4 is 0 Å². The van der Waals surface area contributed by atoms with E-state index in [1.54, 1.807) is 0 Å². The monoisotopic (exact) mass is 333 g/mol. The number of fused-ring (bicyclic) bond motifs is 2. The van der Waals surface area contributed by atoms with Crippen molar-refractivity contribution in [3.8, 4) is 22.8 Å². The van der Waals surface area contributed by atoms with Crippen LogP contribution in [0.2, 0.25) is 0 Å². The number of hydrogen-bond donors (Lipinski definition) is 0. The highest BCUT2D eigenvalue weighted by molar-refractivity contribution is 5.96. The van der Waals surface area contributed by atoms with Crippen LogP contribution >= 0.6 is 0 Å². The van der Waals surface area contributed by atoms with Gasteiger partial charge in [0.1, 0.15) is 5.69 Å². The summed E-state index contributed by atoms with van der Waals surface area (Å²) in [6.07, 6.45) is 1.85. The molecule has 0 N–H and O–H groups in total. The Morgan fingerprint density at radius 1 is 0.538 bits per heavy atom. The maximum atomic E-state index is 4.85. The Bertz CT molecular complexity index is 1240. The lowest BCUT2D eigenvalue weighted by molar-refractivity contribution is 1.18. The highest BCUT2D eigenvalue weighted by Crippen LogP contribution is 2.28. The molecule has 0 amide bonds. The van der Waals surface area contributed by atoms with Crippen molar-refractivity contribution in [1.29, 1.82) is 0 Å². The highest BCUT2D eigenvalue weighted by atomic mass is 14.9. The number of nitrogens with zero attached hydrogens (tertiary/aromatic N) is 3. The highest BCUT2D eigenvalue weighted by Gasteiger charge is 2.09. The van der Waals surface area contributed by atoms with Gasteiger partial charge in [-0.25, -0.2) is 15.0 Å². The lowest BCUT2D eigenvalue weighted by Crippen LogP contribution is -1.94. The molecule has 0 aliphatic heterocycles. The largest absolute Gasteiger partial charge is 0.244 e. The number of hydrogen-bond acceptors (Lipinski definition) is 3. The quantitative estimate of drug-likeness (QED) is 0.427. The summed E-state index contributed by atoms with van der Waals surface area (Å²) in [5, 5.41) is 3.43. The molecule has 0 radical (unpaired) electrons. The lowest BCUT2D eigenvalue weighted by Gasteiger charge is -2.08. The third kappa shape index (κ3) is 2.50. The molecule has 0 saturated carbocycles. The molecule has 3 aromatic carbocycles. The SMILES string of the molecule is c1cc(-c2ncc3ccccc3n2)nc(-c2cccc3ccccc23)c1. The molecule has 122 valence electrons. The molecular weight excluding hydrogens is 318 g/mol. The molecular formula is C23H15N3. The first-order valence-corrected chi connectivity index (χ1v) is 8.56. The summed E-state index contributed by atoms with van der Waals surface area (Å²) < 4.78 is 0. The molecule has 0 bridgehead atoms. The predicted octanol–water partition coefficient (Wildman–Crippen LogP) is 5.51. The number of benzene rings is 3. The van der Waals surface area contributed by atoms with Crippen molar-refractivity contribution >= 4 is 21.7 Å². The third-order valence-electron chi connectivity index (χ3n) is 4.53. The van der Waals surface area contributed by atoms with Crippen LogP contribution in [0.15, 0.2) is 91.1 Å². The maximum absolute atomic E-state index is 4.85. The fourth-order valence-electron chi connectivity index (χ4n) is 3.25. The Morgan fingerprint density at radius 3 is 2.23 bits per heavy atom. The van der Waals surface area contributed by atoms with E-state index in [9.17, 15) is 0 Å². The molecule has 0 aliphatic rings. The second kappa shape index (κ2) is 6.05. The first kappa shape index (κ1) is 14.7. The van der Waals surface area contributed by atoms with Crippen LogP contribution in [0.25, 0.3) is 44.5 Å². The topological polar surface area (TPSA) is 38.7 Å². The fraction of sp³-hybridized carbons (Fsp3) is 0. The van der Waals surface area contributed by atoms with Gasteiger partial charge in [0.15, 0.2) is 5.82 Å². The zero-order valence-electron chi connectivity index (χ0n) is 14.0. The zero-order valence-corrected chi connectivity index (χ0v) is 14.0. The van der Waals surface area contributed by atoms with Crippen molar-refractivity contribution in [3.63, 3.8) is 0 Å². The van der Waals surface area contributed by atoms with Crippen molar-refractivity contribution < 1.29 is 0 Å². The van der Waals surface area contributed by atoms with Crippen molar-refractivity contribution in [2.75, 3.05) is 0 Å². The van der Waals surface area contributed by atoms with E-state index >= 15 is 0 Å². The van der Waals surface area contributed by atoms with Gasteiger partial charge in [-0.3, -0.25) is 0 Å². The van der Waals surface area contributed by atoms with E-state index in [-0.39, 0.29) is 0 Å². The van der Waals surface area contributed by atoms with Gasteiger partial charge in [-0.2, -0.15) is 0 Å². The van der Waals surface area contributed by atoms with Gasteiger partial charge in [0, 0.05) is 17.1 Å². The third-order valence-corrected chi connectivity index (χ3v) is 4.53. The molecule has 0 aliphatic carbocycles. The molecule has 0 fully saturated rings. The van der Waals surface area contributed by atoms with Gasteiger partial charge in [0.05, 0.1) is 11.2 Å². The molecule has 2 aromatic heterocycles. The minimum atomic E-state index is 0.644. The molecule has 3 nitrogen and oxygen atoms in total. The average Bonchev–Trinajstić information content (AvgIpc) is 2.73. The minimum absolute atomic E-state index is 0.644. The van der Waals surface area contributed by atoms with E-state index < -0.39 is 0 Å². The summed E-state index contributed by atoms with van der Waals surface area (Å²) in [6.45, 7) is 0. The van der Waals surface area contributed by atoms with E-state index in [1.807, 2.05) is 48.7 Å². The lowest BCUT2D eigenvalue weighted by atomic mass is 10.0. The minimum Gasteiger partial charge on any atom is -0.244 e. The van der Waals surface area contributed by atoms with Gasteiger partial charge < -0.3 is 0 Å². The smallest absolute Gasteiger partial charge is 0.178 e. The molecule has 5 rings (SSSR count). The Morgan fingerprint density at radius 2 is 1.27 bits per heavy atom. The van der Waals surface area contributed by atoms with Crippen molar-refractivity contribution in [1.82, 2.24) is 15.0 Å². The Balaban J connectivity index is 1.66. The van der Waals surface area contributed by atoms with E-state index in [2.05, 4.69) is 52.4 Å². The molecule has 3 heteroatoms.